The van der Waals surface area contributed by atoms with Crippen molar-refractivity contribution < 1.29 is 19.8 Å². The first-order valence-corrected chi connectivity index (χ1v) is 16.3. The summed E-state index contributed by atoms with van der Waals surface area (Å²) >= 11 is 23.9. The van der Waals surface area contributed by atoms with Gasteiger partial charge in [0.1, 0.15) is 12.3 Å². The molecule has 0 bridgehead atoms. The van der Waals surface area contributed by atoms with Crippen molar-refractivity contribution in [3.63, 3.8) is 0 Å². The maximum atomic E-state index is 14.5. The van der Waals surface area contributed by atoms with Gasteiger partial charge in [-0.25, -0.2) is 0 Å². The predicted octanol–water partition coefficient (Wildman–Crippen LogP) is 4.56. The van der Waals surface area contributed by atoms with Crippen LogP contribution in [0.3, 0.4) is 0 Å². The van der Waals surface area contributed by atoms with E-state index >= 15 is 0 Å². The van der Waals surface area contributed by atoms with Gasteiger partial charge in [-0.3, -0.25) is 28.7 Å². The lowest BCUT2D eigenvalue weighted by Gasteiger charge is -2.28. The van der Waals surface area contributed by atoms with E-state index in [1.54, 1.807) is 73.8 Å². The van der Waals surface area contributed by atoms with Gasteiger partial charge in [-0.15, -0.1) is 0 Å². The van der Waals surface area contributed by atoms with Crippen molar-refractivity contribution in [2.75, 3.05) is 20.2 Å². The lowest BCUT2D eigenvalue weighted by atomic mass is 9.85. The maximum absolute atomic E-state index is 14.5. The Labute approximate surface area is 289 Å². The minimum Gasteiger partial charge on any atom is -0.859 e. The molecule has 2 aromatic heterocycles. The minimum absolute atomic E-state index is 0.139. The van der Waals surface area contributed by atoms with Crippen LogP contribution in [-0.2, 0) is 6.54 Å². The number of hydrogen-bond donors (Lipinski definition) is 4. The van der Waals surface area contributed by atoms with Crippen molar-refractivity contribution in [2.45, 2.75) is 25.3 Å². The van der Waals surface area contributed by atoms with Gasteiger partial charge in [0, 0.05) is 24.0 Å². The Morgan fingerprint density at radius 2 is 1.45 bits per heavy atom. The molecule has 0 radical (unpaired) electrons. The van der Waals surface area contributed by atoms with E-state index in [0.717, 1.165) is 36.1 Å². The van der Waals surface area contributed by atoms with Crippen LogP contribution in [-0.4, -0.2) is 44.4 Å². The topological polar surface area (TPSA) is 133 Å². The average Bonchev–Trinajstić information content (AvgIpc) is 3.55. The van der Waals surface area contributed by atoms with Gasteiger partial charge >= 0.3 is 0 Å². The monoisotopic (exact) mass is 709 g/mol. The fraction of sp³-hybridized carbons (Fsp3) is 0.212. The van der Waals surface area contributed by atoms with Gasteiger partial charge in [0.25, 0.3) is 11.1 Å². The average molecular weight is 711 g/mol. The van der Waals surface area contributed by atoms with E-state index in [1.165, 1.54) is 9.47 Å². The van der Waals surface area contributed by atoms with E-state index in [0.29, 0.717) is 17.9 Å². The fourth-order valence-electron chi connectivity index (χ4n) is 6.21. The second kappa shape index (κ2) is 13.5. The molecule has 10 nitrogen and oxygen atoms in total. The lowest BCUT2D eigenvalue weighted by Crippen LogP contribution is -3.08. The minimum atomic E-state index is -1.40. The van der Waals surface area contributed by atoms with Crippen molar-refractivity contribution >= 4 is 47.6 Å². The first-order valence-electron chi connectivity index (χ1n) is 14.7. The van der Waals surface area contributed by atoms with Crippen LogP contribution in [0.15, 0.2) is 76.3 Å². The van der Waals surface area contributed by atoms with E-state index < -0.39 is 28.8 Å². The highest BCUT2D eigenvalue weighted by Crippen LogP contribution is 2.40. The van der Waals surface area contributed by atoms with Crippen LogP contribution in [0.4, 0.5) is 0 Å². The summed E-state index contributed by atoms with van der Waals surface area (Å²) in [6, 6.07) is 18.3. The molecule has 1 aliphatic rings. The third kappa shape index (κ3) is 6.15. The fourth-order valence-corrected chi connectivity index (χ4v) is 7.20. The molecule has 1 fully saturated rings. The molecule has 1 saturated heterocycles. The second-order valence-corrected chi connectivity index (χ2v) is 12.8. The Morgan fingerprint density at radius 1 is 0.894 bits per heavy atom. The molecular formula is C33H29Cl2N5O5S2. The molecule has 0 aliphatic carbocycles. The smallest absolute Gasteiger partial charge is 0.259 e. The van der Waals surface area contributed by atoms with Crippen LogP contribution >= 0.6 is 47.6 Å². The second-order valence-electron chi connectivity index (χ2n) is 11.2. The van der Waals surface area contributed by atoms with Crippen LogP contribution in [0.2, 0.25) is 10.0 Å². The first kappa shape index (κ1) is 32.7. The molecule has 1 unspecified atom stereocenters. The van der Waals surface area contributed by atoms with E-state index in [-0.39, 0.29) is 42.1 Å². The third-order valence-corrected chi connectivity index (χ3v) is 9.58. The molecule has 47 heavy (non-hydrogen) atoms. The van der Waals surface area contributed by atoms with Crippen LogP contribution in [0.1, 0.15) is 41.0 Å². The zero-order valence-electron chi connectivity index (χ0n) is 25.0. The van der Waals surface area contributed by atoms with Gasteiger partial charge in [0.2, 0.25) is 5.88 Å². The molecule has 3 heterocycles. The molecule has 0 saturated carbocycles. The first-order chi connectivity index (χ1) is 22.6. The highest BCUT2D eigenvalue weighted by molar-refractivity contribution is 7.71. The molecule has 1 aliphatic heterocycles. The molecule has 6 rings (SSSR count). The lowest BCUT2D eigenvalue weighted by molar-refractivity contribution is -0.901. The number of quaternary nitrogens is 1. The number of aromatic amines is 2. The maximum Gasteiger partial charge on any atom is 0.259 e. The standard InChI is InChI=1S/C33H29Cl2N5O5S2/c1-45-24-13-12-18(16-19(24)17-38-14-6-7-15-38)25(26-28(41)36-32(46)39(30(26)43)22-10-4-2-8-20(22)34)27-29(42)37-33(47)40(31(27)44)23-11-5-3-9-21(23)35/h2-5,8-13,16,25,43-44H,6-7,14-15,17H2,1H3,(H,36,41,46)(H,37,42,47). The normalized spacial score (nSPS) is 13.9. The molecule has 3 aromatic carbocycles. The van der Waals surface area contributed by atoms with E-state index in [9.17, 15) is 19.8 Å². The Balaban J connectivity index is 1.70. The third-order valence-electron chi connectivity index (χ3n) is 8.38. The number of para-hydroxylation sites is 2. The summed E-state index contributed by atoms with van der Waals surface area (Å²) in [6.45, 7) is 2.58. The number of nitrogens with one attached hydrogen (secondary N) is 3. The number of aromatic nitrogens is 4. The van der Waals surface area contributed by atoms with Gasteiger partial charge in [-0.05, 0) is 72.3 Å². The van der Waals surface area contributed by atoms with Gasteiger partial charge in [-0.1, -0.05) is 53.5 Å². The molecule has 5 aromatic rings. The zero-order chi connectivity index (χ0) is 33.4. The number of rotatable bonds is 8. The van der Waals surface area contributed by atoms with Crippen molar-refractivity contribution in [3.05, 3.63) is 129 Å². The molecule has 1 atom stereocenters. The van der Waals surface area contributed by atoms with Crippen LogP contribution in [0, 0.1) is 9.54 Å². The van der Waals surface area contributed by atoms with Crippen molar-refractivity contribution in [1.82, 2.24) is 19.1 Å². The quantitative estimate of drug-likeness (QED) is 0.174. The predicted molar refractivity (Wildman–Crippen MR) is 183 cm³/mol. The Kier molecular flexibility index (Phi) is 9.40. The molecular weight excluding hydrogens is 681 g/mol. The highest BCUT2D eigenvalue weighted by Gasteiger charge is 2.31. The van der Waals surface area contributed by atoms with Crippen LogP contribution in [0.5, 0.6) is 17.5 Å². The zero-order valence-corrected chi connectivity index (χ0v) is 28.2. The summed E-state index contributed by atoms with van der Waals surface area (Å²) in [4.78, 5) is 34.3. The van der Waals surface area contributed by atoms with Gasteiger partial charge in [0.15, 0.2) is 9.54 Å². The number of aromatic hydroxyl groups is 1. The highest BCUT2D eigenvalue weighted by atomic mass is 35.5. The Morgan fingerprint density at radius 3 is 2.04 bits per heavy atom. The number of benzene rings is 3. The molecule has 14 heteroatoms. The van der Waals surface area contributed by atoms with E-state index in [4.69, 9.17) is 52.4 Å². The summed E-state index contributed by atoms with van der Waals surface area (Å²) in [5.41, 5.74) is -0.587. The van der Waals surface area contributed by atoms with Crippen LogP contribution < -0.4 is 25.9 Å². The van der Waals surface area contributed by atoms with Gasteiger partial charge < -0.3 is 19.8 Å². The number of nitrogens with zero attached hydrogens (tertiary/aromatic N) is 2. The molecule has 242 valence electrons. The van der Waals surface area contributed by atoms with Crippen molar-refractivity contribution in [2.24, 2.45) is 0 Å². The number of ether oxygens (including phenoxy) is 1. The van der Waals surface area contributed by atoms with Crippen LogP contribution in [0.25, 0.3) is 11.4 Å². The van der Waals surface area contributed by atoms with E-state index in [2.05, 4.69) is 9.97 Å². The molecule has 0 spiro atoms. The van der Waals surface area contributed by atoms with Crippen molar-refractivity contribution in [3.8, 4) is 28.9 Å². The number of hydrogen-bond acceptors (Lipinski definition) is 7. The molecule has 0 amide bonds. The van der Waals surface area contributed by atoms with Gasteiger partial charge in [0.05, 0.1) is 53.1 Å². The Bertz CT molecular complexity index is 2120. The van der Waals surface area contributed by atoms with E-state index in [1.807, 2.05) is 0 Å². The van der Waals surface area contributed by atoms with Gasteiger partial charge in [-0.2, -0.15) is 0 Å². The summed E-state index contributed by atoms with van der Waals surface area (Å²) < 4.78 is 7.66. The number of methoxy groups -OCH3 is 1. The van der Waals surface area contributed by atoms with Crippen molar-refractivity contribution in [1.29, 1.82) is 0 Å². The Hall–Kier alpha value is -4.20. The summed E-state index contributed by atoms with van der Waals surface area (Å²) in [5.74, 6) is -2.20. The summed E-state index contributed by atoms with van der Waals surface area (Å²) in [5, 5.41) is 26.8. The molecule has 4 N–H and O–H groups in total. The SMILES string of the molecule is COc1ccc(C(c2c([O-])n(-c3ccccc3Cl)c(=S)[nH]c2=O)c2c(O)n(-c3ccccc3Cl)c(=S)[nH]c2=O)cc1C[NH+]1CCCC1. The largest absolute Gasteiger partial charge is 0.859 e. The number of halogens is 2. The summed E-state index contributed by atoms with van der Waals surface area (Å²) in [7, 11) is 1.57. The number of likely N-dealkylation sites (tertiary alicyclic amines) is 1. The number of H-pyrrole nitrogens is 2. The summed E-state index contributed by atoms with van der Waals surface area (Å²) in [6.07, 6.45) is 2.20.